The summed E-state index contributed by atoms with van der Waals surface area (Å²) in [5.74, 6) is -0.288. The number of amides is 1. The lowest BCUT2D eigenvalue weighted by atomic mass is 9.87. The maximum Gasteiger partial charge on any atom is 0.220 e. The van der Waals surface area contributed by atoms with Crippen LogP contribution in [0.25, 0.3) is 0 Å². The fourth-order valence-electron chi connectivity index (χ4n) is 7.85. The molecule has 0 radical (unpaired) electrons. The van der Waals surface area contributed by atoms with E-state index in [-0.39, 0.29) is 12.3 Å². The van der Waals surface area contributed by atoms with Crippen LogP contribution in [0.4, 0.5) is 0 Å². The van der Waals surface area contributed by atoms with E-state index in [0.29, 0.717) is 12.8 Å². The molecule has 1 fully saturated rings. The molecule has 1 rings (SSSR count). The topological polar surface area (TPSA) is 160 Å². The Bertz CT molecular complexity index is 816. The Balaban J connectivity index is 2.39. The van der Waals surface area contributed by atoms with Gasteiger partial charge in [-0.05, 0) is 12.8 Å². The Morgan fingerprint density at radius 3 is 1.26 bits per heavy atom. The van der Waals surface area contributed by atoms with Gasteiger partial charge in [-0.1, -0.05) is 200 Å². The number of hydrogen-bond donors (Lipinski definition) is 7. The summed E-state index contributed by atoms with van der Waals surface area (Å²) in [6.07, 6.45) is 27.5. The van der Waals surface area contributed by atoms with Crippen molar-refractivity contribution in [3.8, 4) is 0 Å². The van der Waals surface area contributed by atoms with E-state index in [1.165, 1.54) is 141 Å². The molecule has 0 aliphatic carbocycles. The second-order valence-corrected chi connectivity index (χ2v) is 16.4. The number of nitrogens with one attached hydrogen (secondary N) is 1. The Kier molecular flexibility index (Phi) is 32.6. The molecule has 1 aliphatic heterocycles. The van der Waals surface area contributed by atoms with E-state index in [1.807, 2.05) is 0 Å². The normalized spacial score (nSPS) is 22.2. The molecule has 0 bridgehead atoms. The van der Waals surface area contributed by atoms with Crippen molar-refractivity contribution in [1.29, 1.82) is 0 Å². The molecule has 0 spiro atoms. The van der Waals surface area contributed by atoms with Gasteiger partial charge in [0.2, 0.25) is 5.91 Å². The van der Waals surface area contributed by atoms with Crippen molar-refractivity contribution in [2.75, 3.05) is 6.61 Å². The van der Waals surface area contributed by atoms with Crippen LogP contribution < -0.4 is 5.32 Å². The molecule has 7 N–H and O–H groups in total. The second-order valence-electron chi connectivity index (χ2n) is 16.4. The van der Waals surface area contributed by atoms with E-state index in [1.54, 1.807) is 0 Å². The molecule has 1 heterocycles. The van der Waals surface area contributed by atoms with Crippen LogP contribution in [-0.4, -0.2) is 91.9 Å². The van der Waals surface area contributed by atoms with E-state index < -0.39 is 55.4 Å². The minimum absolute atomic E-state index is 0.266. The predicted octanol–water partition coefficient (Wildman–Crippen LogP) is 8.56. The monoisotopic (exact) mass is 758 g/mol. The van der Waals surface area contributed by atoms with Crippen LogP contribution in [0.2, 0.25) is 0 Å². The smallest absolute Gasteiger partial charge is 0.220 e. The highest BCUT2D eigenvalue weighted by Gasteiger charge is 2.48. The van der Waals surface area contributed by atoms with Crippen molar-refractivity contribution in [2.24, 2.45) is 0 Å². The predicted molar refractivity (Wildman–Crippen MR) is 217 cm³/mol. The summed E-state index contributed by atoms with van der Waals surface area (Å²) >= 11 is 0. The first-order chi connectivity index (χ1) is 25.8. The Morgan fingerprint density at radius 2 is 0.887 bits per heavy atom. The van der Waals surface area contributed by atoms with Gasteiger partial charge >= 0.3 is 0 Å². The number of aliphatic hydroxyl groups excluding tert-OH is 6. The van der Waals surface area contributed by atoms with Crippen LogP contribution in [0.5, 0.6) is 0 Å². The molecule has 316 valence electrons. The SMILES string of the molecule is CCCCCCCCCCCCCCCCCCCC(=O)NC(C(O)CCCCCCCCCCCCCCC)C(O)[C@@H]1O[C@H](CO)[C@H](O)[C@H](O)[C@H]1O. The fraction of sp³-hybridized carbons (Fsp3) is 0.977. The molecule has 0 saturated carbocycles. The van der Waals surface area contributed by atoms with Crippen LogP contribution in [0.1, 0.15) is 219 Å². The lowest BCUT2D eigenvalue weighted by Gasteiger charge is -2.44. The Labute approximate surface area is 325 Å². The highest BCUT2D eigenvalue weighted by atomic mass is 16.6. The molecule has 9 nitrogen and oxygen atoms in total. The quantitative estimate of drug-likeness (QED) is 0.0311. The van der Waals surface area contributed by atoms with Gasteiger partial charge in [-0.15, -0.1) is 0 Å². The van der Waals surface area contributed by atoms with Crippen LogP contribution in [0.3, 0.4) is 0 Å². The molecule has 53 heavy (non-hydrogen) atoms. The summed E-state index contributed by atoms with van der Waals surface area (Å²) in [7, 11) is 0. The first-order valence-corrected chi connectivity index (χ1v) is 22.7. The van der Waals surface area contributed by atoms with Crippen molar-refractivity contribution >= 4 is 5.91 Å². The summed E-state index contributed by atoms with van der Waals surface area (Å²) in [6.45, 7) is 3.89. The molecule has 0 aromatic rings. The third-order valence-electron chi connectivity index (χ3n) is 11.5. The average Bonchev–Trinajstić information content (AvgIpc) is 3.15. The summed E-state index contributed by atoms with van der Waals surface area (Å²) in [4.78, 5) is 13.0. The van der Waals surface area contributed by atoms with Crippen LogP contribution in [0.15, 0.2) is 0 Å². The van der Waals surface area contributed by atoms with Crippen molar-refractivity contribution in [2.45, 2.75) is 268 Å². The van der Waals surface area contributed by atoms with E-state index >= 15 is 0 Å². The number of hydrogen-bond acceptors (Lipinski definition) is 8. The van der Waals surface area contributed by atoms with Gasteiger partial charge in [0.05, 0.1) is 18.8 Å². The maximum absolute atomic E-state index is 13.0. The number of carbonyl (C=O) groups excluding carboxylic acids is 1. The standard InChI is InChI=1S/C44H87NO8/c1-3-5-7-9-11-13-15-17-18-19-20-22-24-26-28-30-32-34-38(48)45-39(41(50)44-43(52)42(51)40(49)37(35-46)53-44)36(47)33-31-29-27-25-23-21-16-14-12-10-8-6-4-2/h36-37,39-44,46-47,49-52H,3-35H2,1-2H3,(H,45,48)/t36?,37-,39?,40+,41?,42+,43-,44+/m1/s1. The van der Waals surface area contributed by atoms with Gasteiger partial charge in [0.1, 0.15) is 36.6 Å². The van der Waals surface area contributed by atoms with E-state index in [2.05, 4.69) is 19.2 Å². The minimum atomic E-state index is -1.66. The summed E-state index contributed by atoms with van der Waals surface area (Å²) in [5.41, 5.74) is 0. The average molecular weight is 758 g/mol. The first kappa shape index (κ1) is 50.2. The van der Waals surface area contributed by atoms with Gasteiger partial charge in [-0.2, -0.15) is 0 Å². The number of rotatable bonds is 37. The van der Waals surface area contributed by atoms with Gasteiger partial charge in [-0.3, -0.25) is 4.79 Å². The zero-order valence-electron chi connectivity index (χ0n) is 34.5. The summed E-state index contributed by atoms with van der Waals surface area (Å²) in [5, 5.41) is 66.2. The van der Waals surface area contributed by atoms with Crippen LogP contribution in [0, 0.1) is 0 Å². The lowest BCUT2D eigenvalue weighted by Crippen LogP contribution is -2.66. The second kappa shape index (κ2) is 34.4. The van der Waals surface area contributed by atoms with Gasteiger partial charge in [0.25, 0.3) is 0 Å². The van der Waals surface area contributed by atoms with Gasteiger partial charge in [0, 0.05) is 6.42 Å². The molecule has 9 heteroatoms. The van der Waals surface area contributed by atoms with Crippen LogP contribution >= 0.6 is 0 Å². The van der Waals surface area contributed by atoms with Crippen molar-refractivity contribution in [3.05, 3.63) is 0 Å². The molecule has 1 saturated heterocycles. The maximum atomic E-state index is 13.0. The number of carbonyl (C=O) groups is 1. The third kappa shape index (κ3) is 24.4. The van der Waals surface area contributed by atoms with E-state index in [9.17, 15) is 35.4 Å². The molecule has 0 aromatic heterocycles. The zero-order valence-corrected chi connectivity index (χ0v) is 34.5. The van der Waals surface area contributed by atoms with Crippen LogP contribution in [-0.2, 0) is 9.53 Å². The summed E-state index contributed by atoms with van der Waals surface area (Å²) < 4.78 is 5.60. The molecule has 8 atom stereocenters. The lowest BCUT2D eigenvalue weighted by molar-refractivity contribution is -0.253. The van der Waals surface area contributed by atoms with Crippen molar-refractivity contribution in [3.63, 3.8) is 0 Å². The number of unbranched alkanes of at least 4 members (excludes halogenated alkanes) is 28. The first-order valence-electron chi connectivity index (χ1n) is 22.7. The number of ether oxygens (including phenoxy) is 1. The van der Waals surface area contributed by atoms with Crippen molar-refractivity contribution < 1.29 is 40.2 Å². The summed E-state index contributed by atoms with van der Waals surface area (Å²) in [6, 6.07) is -1.13. The number of aliphatic hydroxyl groups is 6. The highest BCUT2D eigenvalue weighted by Crippen LogP contribution is 2.26. The molecule has 1 amide bonds. The molecule has 0 aromatic carbocycles. The minimum Gasteiger partial charge on any atom is -0.394 e. The molecular formula is C44H87NO8. The molecular weight excluding hydrogens is 670 g/mol. The fourth-order valence-corrected chi connectivity index (χ4v) is 7.85. The third-order valence-corrected chi connectivity index (χ3v) is 11.5. The largest absolute Gasteiger partial charge is 0.394 e. The van der Waals surface area contributed by atoms with E-state index in [4.69, 9.17) is 4.74 Å². The van der Waals surface area contributed by atoms with Gasteiger partial charge in [0.15, 0.2) is 0 Å². The highest BCUT2D eigenvalue weighted by molar-refractivity contribution is 5.76. The van der Waals surface area contributed by atoms with Crippen molar-refractivity contribution in [1.82, 2.24) is 5.32 Å². The Morgan fingerprint density at radius 1 is 0.528 bits per heavy atom. The molecule has 1 aliphatic rings. The van der Waals surface area contributed by atoms with Gasteiger partial charge in [-0.25, -0.2) is 0 Å². The zero-order chi connectivity index (χ0) is 38.9. The Hall–Kier alpha value is -0.810. The van der Waals surface area contributed by atoms with Gasteiger partial charge < -0.3 is 40.7 Å². The molecule has 3 unspecified atom stereocenters. The van der Waals surface area contributed by atoms with E-state index in [0.717, 1.165) is 44.9 Å².